The molecule has 0 unspecified atom stereocenters. The Hall–Kier alpha value is -3.73. The summed E-state index contributed by atoms with van der Waals surface area (Å²) >= 11 is 0. The Balaban J connectivity index is 1.58. The summed E-state index contributed by atoms with van der Waals surface area (Å²) in [4.78, 5) is 12.9. The van der Waals surface area contributed by atoms with Crippen molar-refractivity contribution in [3.63, 3.8) is 0 Å². The van der Waals surface area contributed by atoms with Crippen LogP contribution in [0.3, 0.4) is 0 Å². The highest BCUT2D eigenvalue weighted by Crippen LogP contribution is 2.41. The van der Waals surface area contributed by atoms with Gasteiger partial charge < -0.3 is 18.6 Å². The lowest BCUT2D eigenvalue weighted by molar-refractivity contribution is 0.103. The number of rotatable bonds is 6. The van der Waals surface area contributed by atoms with E-state index >= 15 is 0 Å². The second kappa shape index (κ2) is 7.26. The van der Waals surface area contributed by atoms with Crippen LogP contribution in [0.2, 0.25) is 0 Å². The maximum absolute atomic E-state index is 12.9. The molecule has 2 aromatic carbocycles. The molecule has 0 fully saturated rings. The minimum atomic E-state index is 0.0668. The van der Waals surface area contributed by atoms with Crippen LogP contribution in [0.25, 0.3) is 16.8 Å². The molecular weight excluding hydrogens is 376 g/mol. The SMILES string of the molecule is CCn1cc(-c2ccc(OC)c(OCc3ccccc3)c2)c2c1C(=O)c1cccn1-2. The van der Waals surface area contributed by atoms with Crippen LogP contribution in [-0.4, -0.2) is 22.0 Å². The van der Waals surface area contributed by atoms with E-state index in [1.165, 1.54) is 0 Å². The Kier molecular flexibility index (Phi) is 4.43. The summed E-state index contributed by atoms with van der Waals surface area (Å²) in [6, 6.07) is 19.7. The predicted molar refractivity (Wildman–Crippen MR) is 116 cm³/mol. The number of methoxy groups -OCH3 is 1. The monoisotopic (exact) mass is 398 g/mol. The van der Waals surface area contributed by atoms with Gasteiger partial charge in [-0.1, -0.05) is 36.4 Å². The zero-order chi connectivity index (χ0) is 20.7. The lowest BCUT2D eigenvalue weighted by Crippen LogP contribution is -2.05. The van der Waals surface area contributed by atoms with Crippen molar-refractivity contribution >= 4 is 5.78 Å². The Morgan fingerprint density at radius 1 is 0.967 bits per heavy atom. The zero-order valence-corrected chi connectivity index (χ0v) is 17.0. The van der Waals surface area contributed by atoms with Gasteiger partial charge in [0.15, 0.2) is 11.5 Å². The topological polar surface area (TPSA) is 45.4 Å². The molecule has 30 heavy (non-hydrogen) atoms. The second-order valence-corrected chi connectivity index (χ2v) is 7.26. The number of carbonyl (C=O) groups is 1. The quantitative estimate of drug-likeness (QED) is 0.400. The fraction of sp³-hybridized carbons (Fsp3) is 0.160. The van der Waals surface area contributed by atoms with Gasteiger partial charge in [-0.25, -0.2) is 0 Å². The zero-order valence-electron chi connectivity index (χ0n) is 17.0. The Bertz CT molecular complexity index is 1230. The number of ketones is 1. The average Bonchev–Trinajstić information content (AvgIpc) is 3.47. The molecule has 0 spiro atoms. The van der Waals surface area contributed by atoms with Crippen LogP contribution in [0.15, 0.2) is 73.1 Å². The molecule has 0 aliphatic carbocycles. The normalized spacial score (nSPS) is 12.0. The Morgan fingerprint density at radius 3 is 2.57 bits per heavy atom. The third kappa shape index (κ3) is 2.82. The van der Waals surface area contributed by atoms with Gasteiger partial charge in [0, 0.05) is 24.5 Å². The molecule has 0 saturated heterocycles. The van der Waals surface area contributed by atoms with Crippen molar-refractivity contribution in [2.45, 2.75) is 20.1 Å². The number of nitrogens with zero attached hydrogens (tertiary/aromatic N) is 2. The van der Waals surface area contributed by atoms with Crippen molar-refractivity contribution in [2.75, 3.05) is 7.11 Å². The van der Waals surface area contributed by atoms with E-state index in [1.807, 2.05) is 89.1 Å². The first kappa shape index (κ1) is 18.3. The average molecular weight is 398 g/mol. The van der Waals surface area contributed by atoms with Crippen LogP contribution in [0.1, 0.15) is 28.7 Å². The Morgan fingerprint density at radius 2 is 1.80 bits per heavy atom. The van der Waals surface area contributed by atoms with Gasteiger partial charge in [-0.2, -0.15) is 0 Å². The summed E-state index contributed by atoms with van der Waals surface area (Å²) in [6.07, 6.45) is 3.99. The number of aromatic nitrogens is 2. The molecule has 3 heterocycles. The molecule has 2 aromatic heterocycles. The van der Waals surface area contributed by atoms with Gasteiger partial charge in [-0.05, 0) is 42.3 Å². The molecule has 0 amide bonds. The molecular formula is C25H22N2O3. The van der Waals surface area contributed by atoms with Gasteiger partial charge in [0.1, 0.15) is 12.3 Å². The highest BCUT2D eigenvalue weighted by molar-refractivity contribution is 6.15. The fourth-order valence-corrected chi connectivity index (χ4v) is 4.06. The third-order valence-electron chi connectivity index (χ3n) is 5.54. The van der Waals surface area contributed by atoms with Crippen LogP contribution >= 0.6 is 0 Å². The van der Waals surface area contributed by atoms with Gasteiger partial charge >= 0.3 is 0 Å². The number of aryl methyl sites for hydroxylation is 1. The van der Waals surface area contributed by atoms with Crippen molar-refractivity contribution in [2.24, 2.45) is 0 Å². The molecule has 0 bridgehead atoms. The lowest BCUT2D eigenvalue weighted by atomic mass is 10.1. The first-order valence-corrected chi connectivity index (χ1v) is 10.0. The van der Waals surface area contributed by atoms with Crippen LogP contribution in [-0.2, 0) is 13.2 Å². The van der Waals surface area contributed by atoms with Gasteiger partial charge in [0.2, 0.25) is 5.78 Å². The predicted octanol–water partition coefficient (Wildman–Crippen LogP) is 5.10. The van der Waals surface area contributed by atoms with E-state index in [0.29, 0.717) is 23.8 Å². The summed E-state index contributed by atoms with van der Waals surface area (Å²) in [5.74, 6) is 1.42. The fourth-order valence-electron chi connectivity index (χ4n) is 4.06. The number of ether oxygens (including phenoxy) is 2. The van der Waals surface area contributed by atoms with Crippen molar-refractivity contribution in [1.29, 1.82) is 0 Å². The van der Waals surface area contributed by atoms with E-state index in [9.17, 15) is 4.79 Å². The van der Waals surface area contributed by atoms with Crippen molar-refractivity contribution < 1.29 is 14.3 Å². The van der Waals surface area contributed by atoms with E-state index in [4.69, 9.17) is 9.47 Å². The smallest absolute Gasteiger partial charge is 0.228 e. The molecule has 1 aliphatic heterocycles. The molecule has 1 aliphatic rings. The van der Waals surface area contributed by atoms with Crippen molar-refractivity contribution in [1.82, 2.24) is 9.13 Å². The first-order chi connectivity index (χ1) is 14.7. The van der Waals surface area contributed by atoms with E-state index in [2.05, 4.69) is 0 Å². The van der Waals surface area contributed by atoms with E-state index in [1.54, 1.807) is 7.11 Å². The Labute approximate surface area is 175 Å². The maximum Gasteiger partial charge on any atom is 0.228 e. The number of benzene rings is 2. The van der Waals surface area contributed by atoms with Gasteiger partial charge in [0.25, 0.3) is 0 Å². The van der Waals surface area contributed by atoms with Gasteiger partial charge in [0.05, 0.1) is 18.5 Å². The molecule has 5 nitrogen and oxygen atoms in total. The summed E-state index contributed by atoms with van der Waals surface area (Å²) in [5.41, 5.74) is 5.45. The lowest BCUT2D eigenvalue weighted by Gasteiger charge is -2.13. The van der Waals surface area contributed by atoms with Crippen molar-refractivity contribution in [3.05, 3.63) is 90.0 Å². The molecule has 5 heteroatoms. The minimum Gasteiger partial charge on any atom is -0.493 e. The second-order valence-electron chi connectivity index (χ2n) is 7.26. The van der Waals surface area contributed by atoms with E-state index in [0.717, 1.165) is 34.6 Å². The summed E-state index contributed by atoms with van der Waals surface area (Å²) < 4.78 is 15.6. The molecule has 0 saturated carbocycles. The largest absolute Gasteiger partial charge is 0.493 e. The van der Waals surface area contributed by atoms with Crippen LogP contribution in [0.4, 0.5) is 0 Å². The molecule has 5 rings (SSSR count). The number of hydrogen-bond acceptors (Lipinski definition) is 3. The molecule has 0 atom stereocenters. The molecule has 4 aromatic rings. The van der Waals surface area contributed by atoms with Crippen LogP contribution in [0.5, 0.6) is 11.5 Å². The molecule has 0 N–H and O–H groups in total. The maximum atomic E-state index is 12.9. The third-order valence-corrected chi connectivity index (χ3v) is 5.54. The summed E-state index contributed by atoms with van der Waals surface area (Å²) in [7, 11) is 1.64. The highest BCUT2D eigenvalue weighted by Gasteiger charge is 2.33. The summed E-state index contributed by atoms with van der Waals surface area (Å²) in [5, 5.41) is 0. The van der Waals surface area contributed by atoms with Gasteiger partial charge in [-0.3, -0.25) is 4.79 Å². The number of carbonyl (C=O) groups excluding carboxylic acids is 1. The standard InChI is InChI=1S/C25H22N2O3/c1-3-26-15-19(23-24(26)25(28)20-10-7-13-27(20)23)18-11-12-21(29-2)22(14-18)30-16-17-8-5-4-6-9-17/h4-15H,3,16H2,1-2H3. The number of hydrogen-bond donors (Lipinski definition) is 0. The first-order valence-electron chi connectivity index (χ1n) is 10.0. The van der Waals surface area contributed by atoms with Crippen LogP contribution in [0, 0.1) is 0 Å². The minimum absolute atomic E-state index is 0.0668. The molecule has 150 valence electrons. The number of fused-ring (bicyclic) bond motifs is 3. The van der Waals surface area contributed by atoms with E-state index in [-0.39, 0.29) is 5.78 Å². The van der Waals surface area contributed by atoms with Crippen LogP contribution < -0.4 is 9.47 Å². The highest BCUT2D eigenvalue weighted by atomic mass is 16.5. The van der Waals surface area contributed by atoms with E-state index < -0.39 is 0 Å². The van der Waals surface area contributed by atoms with Gasteiger partial charge in [-0.15, -0.1) is 0 Å². The summed E-state index contributed by atoms with van der Waals surface area (Å²) in [6.45, 7) is 3.23. The molecule has 0 radical (unpaired) electrons. The van der Waals surface area contributed by atoms with Crippen molar-refractivity contribution in [3.8, 4) is 28.3 Å².